The molecule has 0 aromatic heterocycles. The first kappa shape index (κ1) is 26.1. The van der Waals surface area contributed by atoms with E-state index in [0.29, 0.717) is 5.92 Å². The minimum Gasteiger partial charge on any atom is -0.0759 e. The van der Waals surface area contributed by atoms with Crippen LogP contribution in [-0.2, 0) is 11.8 Å². The molecular formula is C46H34. The van der Waals surface area contributed by atoms with Gasteiger partial charge in [0.05, 0.1) is 0 Å². The number of rotatable bonds is 2. The lowest BCUT2D eigenvalue weighted by molar-refractivity contribution is 0.661. The Bertz CT molecular complexity index is 2450. The molecule has 0 radical (unpaired) electrons. The minimum atomic E-state index is -0.0785. The highest BCUT2D eigenvalue weighted by molar-refractivity contribution is 6.23. The number of allylic oxidation sites excluding steroid dienone is 7. The van der Waals surface area contributed by atoms with E-state index in [9.17, 15) is 0 Å². The monoisotopic (exact) mass is 586 g/mol. The van der Waals surface area contributed by atoms with Gasteiger partial charge in [0, 0.05) is 11.3 Å². The molecule has 1 unspecified atom stereocenters. The summed E-state index contributed by atoms with van der Waals surface area (Å²) in [4.78, 5) is 0. The molecule has 0 heteroatoms. The fourth-order valence-electron chi connectivity index (χ4n) is 9.02. The molecular weight excluding hydrogens is 553 g/mol. The molecule has 0 spiro atoms. The molecule has 0 saturated carbocycles. The molecule has 0 heterocycles. The van der Waals surface area contributed by atoms with Crippen LogP contribution in [0.4, 0.5) is 0 Å². The SMILES string of the molecule is Cc1ccc(-c2c3ccccc3c(-c3ccc4c5c3C=CC3=CC=CC(=CC4)C35)c3cc4c(cc23)-c2ccccc2C4(C)C)cc1. The number of hydrogen-bond donors (Lipinski definition) is 0. The fraction of sp³-hybridized carbons (Fsp3) is 0.130. The summed E-state index contributed by atoms with van der Waals surface area (Å²) < 4.78 is 0. The zero-order valence-corrected chi connectivity index (χ0v) is 26.5. The maximum atomic E-state index is 2.56. The largest absolute Gasteiger partial charge is 0.0759 e. The Kier molecular flexibility index (Phi) is 5.20. The van der Waals surface area contributed by atoms with E-state index in [1.165, 1.54) is 99.5 Å². The predicted octanol–water partition coefficient (Wildman–Crippen LogP) is 12.0. The Hall–Kier alpha value is -5.20. The van der Waals surface area contributed by atoms with Crippen molar-refractivity contribution in [3.05, 3.63) is 172 Å². The van der Waals surface area contributed by atoms with E-state index >= 15 is 0 Å². The van der Waals surface area contributed by atoms with Gasteiger partial charge in [0.15, 0.2) is 0 Å². The van der Waals surface area contributed by atoms with Gasteiger partial charge < -0.3 is 0 Å². The van der Waals surface area contributed by atoms with Crippen LogP contribution >= 0.6 is 0 Å². The molecule has 0 saturated heterocycles. The van der Waals surface area contributed by atoms with Gasteiger partial charge in [0.2, 0.25) is 0 Å². The van der Waals surface area contributed by atoms with Crippen LogP contribution in [0.5, 0.6) is 0 Å². The Morgan fingerprint density at radius 1 is 0.609 bits per heavy atom. The molecule has 46 heavy (non-hydrogen) atoms. The van der Waals surface area contributed by atoms with E-state index in [0.717, 1.165) is 6.42 Å². The number of aryl methyl sites for hydroxylation is 1. The van der Waals surface area contributed by atoms with Crippen LogP contribution in [0.2, 0.25) is 0 Å². The van der Waals surface area contributed by atoms with Crippen LogP contribution in [0.15, 0.2) is 139 Å². The average molecular weight is 587 g/mol. The maximum Gasteiger partial charge on any atom is 0.0345 e. The van der Waals surface area contributed by atoms with Gasteiger partial charge in [-0.05, 0) is 119 Å². The second-order valence-electron chi connectivity index (χ2n) is 14.1. The van der Waals surface area contributed by atoms with Crippen molar-refractivity contribution in [2.45, 2.75) is 38.5 Å². The third-order valence-corrected chi connectivity index (χ3v) is 11.2. The predicted molar refractivity (Wildman–Crippen MR) is 195 cm³/mol. The molecule has 1 atom stereocenters. The third kappa shape index (κ3) is 3.39. The van der Waals surface area contributed by atoms with Crippen LogP contribution in [0.3, 0.4) is 0 Å². The summed E-state index contributed by atoms with van der Waals surface area (Å²) in [5.74, 6) is 0.329. The summed E-state index contributed by atoms with van der Waals surface area (Å²) in [6.45, 7) is 6.97. The van der Waals surface area contributed by atoms with Gasteiger partial charge in [-0.2, -0.15) is 0 Å². The standard InChI is InChI=1S/C46H34/c1-27-15-17-30(18-16-27)43-33-12-4-5-13-34(33)45(39-26-41-37(25-38(39)43)32-11-6-7-14-40(32)46(41,2)3)36-24-22-31-20-19-28-9-8-10-29-21-23-35(36)44(31)42(28)29/h4-19,21-26,42H,20H2,1-3H3. The van der Waals surface area contributed by atoms with Crippen molar-refractivity contribution in [1.29, 1.82) is 0 Å². The third-order valence-electron chi connectivity index (χ3n) is 11.2. The summed E-state index contributed by atoms with van der Waals surface area (Å²) in [6.07, 6.45) is 15.0. The molecule has 0 nitrogen and oxygen atoms in total. The molecule has 4 aliphatic rings. The fourth-order valence-corrected chi connectivity index (χ4v) is 9.02. The minimum absolute atomic E-state index is 0.0785. The lowest BCUT2D eigenvalue weighted by Crippen LogP contribution is -2.18. The average Bonchev–Trinajstić information content (AvgIpc) is 3.31. The highest BCUT2D eigenvalue weighted by Crippen LogP contribution is 2.55. The van der Waals surface area contributed by atoms with Crippen molar-refractivity contribution >= 4 is 27.6 Å². The second kappa shape index (κ2) is 9.18. The number of fused-ring (bicyclic) bond motifs is 5. The van der Waals surface area contributed by atoms with Gasteiger partial charge >= 0.3 is 0 Å². The molecule has 6 aromatic carbocycles. The normalized spacial score (nSPS) is 17.8. The Morgan fingerprint density at radius 2 is 1.37 bits per heavy atom. The van der Waals surface area contributed by atoms with Crippen molar-refractivity contribution < 1.29 is 0 Å². The van der Waals surface area contributed by atoms with Crippen LogP contribution in [0.25, 0.3) is 61.0 Å². The van der Waals surface area contributed by atoms with Crippen molar-refractivity contribution in [3.8, 4) is 33.4 Å². The van der Waals surface area contributed by atoms with Crippen molar-refractivity contribution in [2.75, 3.05) is 0 Å². The highest BCUT2D eigenvalue weighted by atomic mass is 14.4. The van der Waals surface area contributed by atoms with E-state index in [4.69, 9.17) is 0 Å². The molecule has 10 rings (SSSR count). The van der Waals surface area contributed by atoms with Gasteiger partial charge in [0.1, 0.15) is 0 Å². The summed E-state index contributed by atoms with van der Waals surface area (Å²) in [5, 5.41) is 5.30. The van der Waals surface area contributed by atoms with Crippen LogP contribution in [0.1, 0.15) is 53.1 Å². The zero-order valence-electron chi connectivity index (χ0n) is 26.5. The van der Waals surface area contributed by atoms with Gasteiger partial charge in [-0.25, -0.2) is 0 Å². The molecule has 0 amide bonds. The number of hydrogen-bond acceptors (Lipinski definition) is 0. The molecule has 0 N–H and O–H groups in total. The first-order valence-corrected chi connectivity index (χ1v) is 16.6. The van der Waals surface area contributed by atoms with E-state index in [2.05, 4.69) is 154 Å². The summed E-state index contributed by atoms with van der Waals surface area (Å²) in [6, 6.07) is 37.2. The zero-order chi connectivity index (χ0) is 30.7. The van der Waals surface area contributed by atoms with Crippen molar-refractivity contribution in [3.63, 3.8) is 0 Å². The quantitative estimate of drug-likeness (QED) is 0.177. The van der Waals surface area contributed by atoms with Crippen LogP contribution < -0.4 is 0 Å². The van der Waals surface area contributed by atoms with Gasteiger partial charge in [0.25, 0.3) is 0 Å². The van der Waals surface area contributed by atoms with Gasteiger partial charge in [-0.1, -0.05) is 141 Å². The molecule has 0 bridgehead atoms. The first-order valence-electron chi connectivity index (χ1n) is 16.6. The van der Waals surface area contributed by atoms with Gasteiger partial charge in [-0.3, -0.25) is 0 Å². The van der Waals surface area contributed by atoms with Crippen LogP contribution in [0, 0.1) is 6.92 Å². The van der Waals surface area contributed by atoms with E-state index in [1.54, 1.807) is 0 Å². The second-order valence-corrected chi connectivity index (χ2v) is 14.1. The molecule has 218 valence electrons. The maximum absolute atomic E-state index is 2.56. The molecule has 0 aliphatic heterocycles. The lowest BCUT2D eigenvalue weighted by Gasteiger charge is -2.34. The van der Waals surface area contributed by atoms with Crippen LogP contribution in [-0.4, -0.2) is 0 Å². The Labute approximate surface area is 270 Å². The van der Waals surface area contributed by atoms with E-state index in [1.807, 2.05) is 0 Å². The highest BCUT2D eigenvalue weighted by Gasteiger charge is 2.37. The van der Waals surface area contributed by atoms with E-state index in [-0.39, 0.29) is 5.41 Å². The van der Waals surface area contributed by atoms with Crippen molar-refractivity contribution in [1.82, 2.24) is 0 Å². The summed E-state index contributed by atoms with van der Waals surface area (Å²) in [7, 11) is 0. The van der Waals surface area contributed by atoms with Gasteiger partial charge in [-0.15, -0.1) is 0 Å². The summed E-state index contributed by atoms with van der Waals surface area (Å²) in [5.41, 5.74) is 19.3. The molecule has 6 aromatic rings. The topological polar surface area (TPSA) is 0 Å². The molecule has 0 fully saturated rings. The summed E-state index contributed by atoms with van der Waals surface area (Å²) >= 11 is 0. The molecule has 4 aliphatic carbocycles. The van der Waals surface area contributed by atoms with Crippen molar-refractivity contribution in [2.24, 2.45) is 0 Å². The lowest BCUT2D eigenvalue weighted by atomic mass is 9.69. The number of benzene rings is 6. The van der Waals surface area contributed by atoms with E-state index < -0.39 is 0 Å². The Balaban J connectivity index is 1.37. The smallest absolute Gasteiger partial charge is 0.0345 e. The Morgan fingerprint density at radius 3 is 2.22 bits per heavy atom. The first-order chi connectivity index (χ1) is 22.5.